The molecular weight excluding hydrogens is 400 g/mol. The van der Waals surface area contributed by atoms with Crippen LogP contribution in [0.25, 0.3) is 0 Å². The number of carbonyl (C=O) groups excluding carboxylic acids is 1. The van der Waals surface area contributed by atoms with Crippen molar-refractivity contribution in [2.24, 2.45) is 0 Å². The number of nitrogens with zero attached hydrogens (tertiary/aromatic N) is 2. The molecule has 0 bridgehead atoms. The van der Waals surface area contributed by atoms with Crippen LogP contribution in [0.3, 0.4) is 0 Å². The van der Waals surface area contributed by atoms with Gasteiger partial charge < -0.3 is 9.64 Å². The molecule has 1 aliphatic heterocycles. The van der Waals surface area contributed by atoms with E-state index in [2.05, 4.69) is 0 Å². The first-order valence-electron chi connectivity index (χ1n) is 9.56. The Bertz CT molecular complexity index is 1040. The first-order chi connectivity index (χ1) is 14.6. The highest BCUT2D eigenvalue weighted by molar-refractivity contribution is 7.99. The maximum Gasteiger partial charge on any atom is 0.269 e. The molecule has 0 N–H and O–H groups in total. The summed E-state index contributed by atoms with van der Waals surface area (Å²) in [5.74, 6) is 1.43. The number of hydrogen-bond acceptors (Lipinski definition) is 5. The van der Waals surface area contributed by atoms with Gasteiger partial charge in [0.05, 0.1) is 4.92 Å². The number of benzene rings is 3. The third kappa shape index (κ3) is 4.31. The number of thioether (sulfide) groups is 1. The summed E-state index contributed by atoms with van der Waals surface area (Å²) in [7, 11) is 0. The number of ether oxygens (including phenoxy) is 1. The van der Waals surface area contributed by atoms with E-state index >= 15 is 0 Å². The zero-order valence-corrected chi connectivity index (χ0v) is 17.0. The van der Waals surface area contributed by atoms with Gasteiger partial charge in [0.2, 0.25) is 0 Å². The Kier molecular flexibility index (Phi) is 5.99. The smallest absolute Gasteiger partial charge is 0.269 e. The van der Waals surface area contributed by atoms with E-state index in [9.17, 15) is 14.9 Å². The molecule has 30 heavy (non-hydrogen) atoms. The largest absolute Gasteiger partial charge is 0.489 e. The van der Waals surface area contributed by atoms with Gasteiger partial charge in [-0.05, 0) is 23.8 Å². The van der Waals surface area contributed by atoms with Crippen molar-refractivity contribution in [1.29, 1.82) is 0 Å². The number of amides is 1. The fraction of sp³-hybridized carbons (Fsp3) is 0.174. The summed E-state index contributed by atoms with van der Waals surface area (Å²) in [6.07, 6.45) is 0. The molecule has 152 valence electrons. The van der Waals surface area contributed by atoms with Crippen LogP contribution in [-0.2, 0) is 6.61 Å². The van der Waals surface area contributed by atoms with Crippen LogP contribution in [-0.4, -0.2) is 28.0 Å². The number of nitro groups is 1. The van der Waals surface area contributed by atoms with Crippen molar-refractivity contribution in [3.63, 3.8) is 0 Å². The van der Waals surface area contributed by atoms with Gasteiger partial charge in [0.1, 0.15) is 17.7 Å². The normalized spacial score (nSPS) is 15.7. The zero-order chi connectivity index (χ0) is 20.9. The molecule has 0 aliphatic carbocycles. The maximum atomic E-state index is 13.1. The van der Waals surface area contributed by atoms with Gasteiger partial charge in [-0.15, -0.1) is 11.8 Å². The Labute approximate surface area is 178 Å². The second-order valence-electron chi connectivity index (χ2n) is 6.84. The molecule has 1 unspecified atom stereocenters. The number of rotatable bonds is 6. The van der Waals surface area contributed by atoms with Crippen LogP contribution in [0.1, 0.15) is 26.9 Å². The highest BCUT2D eigenvalue weighted by Gasteiger charge is 2.33. The second-order valence-corrected chi connectivity index (χ2v) is 8.03. The third-order valence-corrected chi connectivity index (χ3v) is 6.14. The summed E-state index contributed by atoms with van der Waals surface area (Å²) in [4.78, 5) is 25.3. The third-order valence-electron chi connectivity index (χ3n) is 4.90. The number of nitro benzene ring substituents is 1. The van der Waals surface area contributed by atoms with Crippen molar-refractivity contribution in [2.45, 2.75) is 12.0 Å². The Morgan fingerprint density at radius 2 is 1.73 bits per heavy atom. The summed E-state index contributed by atoms with van der Waals surface area (Å²) < 4.78 is 6.09. The van der Waals surface area contributed by atoms with Crippen molar-refractivity contribution < 1.29 is 14.5 Å². The number of non-ortho nitro benzene ring substituents is 1. The molecular formula is C23H20N2O4S. The monoisotopic (exact) mass is 420 g/mol. The van der Waals surface area contributed by atoms with E-state index < -0.39 is 4.92 Å². The first-order valence-corrected chi connectivity index (χ1v) is 10.6. The van der Waals surface area contributed by atoms with Crippen molar-refractivity contribution >= 4 is 23.4 Å². The van der Waals surface area contributed by atoms with Gasteiger partial charge in [-0.2, -0.15) is 0 Å². The number of carbonyl (C=O) groups is 1. The van der Waals surface area contributed by atoms with Crippen molar-refractivity contribution in [1.82, 2.24) is 4.90 Å². The van der Waals surface area contributed by atoms with Gasteiger partial charge in [-0.25, -0.2) is 0 Å². The van der Waals surface area contributed by atoms with E-state index in [-0.39, 0.29) is 17.0 Å². The Hall–Kier alpha value is -3.32. The van der Waals surface area contributed by atoms with Crippen LogP contribution in [0, 0.1) is 10.1 Å². The summed E-state index contributed by atoms with van der Waals surface area (Å²) in [5.41, 5.74) is 2.44. The van der Waals surface area contributed by atoms with E-state index in [1.807, 2.05) is 54.6 Å². The quantitative estimate of drug-likeness (QED) is 0.412. The molecule has 1 saturated heterocycles. The van der Waals surface area contributed by atoms with Gasteiger partial charge in [0.15, 0.2) is 0 Å². The van der Waals surface area contributed by atoms with E-state index in [0.29, 0.717) is 18.7 Å². The molecule has 0 saturated carbocycles. The molecule has 1 fully saturated rings. The molecule has 4 rings (SSSR count). The fourth-order valence-electron chi connectivity index (χ4n) is 3.38. The highest BCUT2D eigenvalue weighted by Crippen LogP contribution is 2.42. The Balaban J connectivity index is 1.54. The minimum atomic E-state index is -0.469. The molecule has 6 nitrogen and oxygen atoms in total. The molecule has 1 amide bonds. The maximum absolute atomic E-state index is 13.1. The van der Waals surface area contributed by atoms with Crippen molar-refractivity contribution in [3.05, 3.63) is 106 Å². The molecule has 7 heteroatoms. The molecule has 3 aromatic carbocycles. The van der Waals surface area contributed by atoms with Crippen molar-refractivity contribution in [3.8, 4) is 5.75 Å². The second kappa shape index (κ2) is 9.00. The van der Waals surface area contributed by atoms with Crippen LogP contribution in [0.4, 0.5) is 5.69 Å². The topological polar surface area (TPSA) is 72.7 Å². The van der Waals surface area contributed by atoms with Gasteiger partial charge in [-0.3, -0.25) is 14.9 Å². The molecule has 0 aromatic heterocycles. The lowest BCUT2D eigenvalue weighted by Gasteiger charge is -2.26. The summed E-state index contributed by atoms with van der Waals surface area (Å²) >= 11 is 1.69. The minimum Gasteiger partial charge on any atom is -0.489 e. The molecule has 1 heterocycles. The molecule has 0 spiro atoms. The fourth-order valence-corrected chi connectivity index (χ4v) is 4.66. The van der Waals surface area contributed by atoms with Crippen LogP contribution >= 0.6 is 11.8 Å². The summed E-state index contributed by atoms with van der Waals surface area (Å²) in [6, 6.07) is 23.5. The van der Waals surface area contributed by atoms with Crippen LogP contribution in [0.15, 0.2) is 78.9 Å². The van der Waals surface area contributed by atoms with E-state index in [4.69, 9.17) is 4.74 Å². The highest BCUT2D eigenvalue weighted by atomic mass is 32.2. The summed E-state index contributed by atoms with van der Waals surface area (Å²) in [6.45, 7) is 1.06. The van der Waals surface area contributed by atoms with Crippen LogP contribution in [0.5, 0.6) is 5.75 Å². The Morgan fingerprint density at radius 3 is 2.47 bits per heavy atom. The lowest BCUT2D eigenvalue weighted by atomic mass is 10.1. The van der Waals surface area contributed by atoms with Gasteiger partial charge >= 0.3 is 0 Å². The lowest BCUT2D eigenvalue weighted by Crippen LogP contribution is -2.30. The summed E-state index contributed by atoms with van der Waals surface area (Å²) in [5, 5.41) is 10.7. The Morgan fingerprint density at radius 1 is 1.03 bits per heavy atom. The molecule has 0 radical (unpaired) electrons. The van der Waals surface area contributed by atoms with E-state index in [1.165, 1.54) is 24.3 Å². The molecule has 1 aliphatic rings. The van der Waals surface area contributed by atoms with Crippen LogP contribution < -0.4 is 4.74 Å². The number of para-hydroxylation sites is 1. The average molecular weight is 420 g/mol. The average Bonchev–Trinajstić information content (AvgIpc) is 3.28. The van der Waals surface area contributed by atoms with Crippen molar-refractivity contribution in [2.75, 3.05) is 12.3 Å². The van der Waals surface area contributed by atoms with Gasteiger partial charge in [-0.1, -0.05) is 48.5 Å². The predicted octanol–water partition coefficient (Wildman–Crippen LogP) is 5.06. The molecule has 3 aromatic rings. The van der Waals surface area contributed by atoms with Gasteiger partial charge in [0, 0.05) is 35.6 Å². The SMILES string of the molecule is O=C(c1ccc([N+](=O)[O-])cc1)N1CCSC1c1ccccc1OCc1ccccc1. The van der Waals surface area contributed by atoms with E-state index in [0.717, 1.165) is 22.6 Å². The molecule has 1 atom stereocenters. The lowest BCUT2D eigenvalue weighted by molar-refractivity contribution is -0.384. The van der Waals surface area contributed by atoms with Crippen LogP contribution in [0.2, 0.25) is 0 Å². The van der Waals surface area contributed by atoms with Gasteiger partial charge in [0.25, 0.3) is 11.6 Å². The first kappa shape index (κ1) is 20.0. The predicted molar refractivity (Wildman–Crippen MR) is 117 cm³/mol. The zero-order valence-electron chi connectivity index (χ0n) is 16.1. The minimum absolute atomic E-state index is 0.0291. The van der Waals surface area contributed by atoms with E-state index in [1.54, 1.807) is 16.7 Å². The standard InChI is InChI=1S/C23H20N2O4S/c26-22(18-10-12-19(13-11-18)25(27)28)24-14-15-30-23(24)20-8-4-5-9-21(20)29-16-17-6-2-1-3-7-17/h1-13,23H,14-16H2. The number of hydrogen-bond donors (Lipinski definition) is 0.